The normalized spacial score (nSPS) is 11.9. The van der Waals surface area contributed by atoms with E-state index >= 15 is 0 Å². The average molecular weight is 618 g/mol. The van der Waals surface area contributed by atoms with E-state index in [-0.39, 0.29) is 24.3 Å². The first-order valence-electron chi connectivity index (χ1n) is 11.9. The summed E-state index contributed by atoms with van der Waals surface area (Å²) in [5, 5.41) is 14.0. The van der Waals surface area contributed by atoms with Crippen LogP contribution in [0.1, 0.15) is 16.7 Å². The number of anilines is 1. The van der Waals surface area contributed by atoms with Crippen LogP contribution in [-0.2, 0) is 32.6 Å². The van der Waals surface area contributed by atoms with Gasteiger partial charge in [0.2, 0.25) is 21.8 Å². The van der Waals surface area contributed by atoms with Crippen LogP contribution in [0.5, 0.6) is 0 Å². The number of likely N-dealkylation sites (N-methyl/N-ethyl adjacent to an activating group) is 1. The molecule has 0 radical (unpaired) electrons. The van der Waals surface area contributed by atoms with Gasteiger partial charge in [-0.2, -0.15) is 0 Å². The number of carbonyl (C=O) groups is 2. The fraction of sp³-hybridized carbons (Fsp3) is 0.259. The number of nitrogens with one attached hydrogen (secondary N) is 1. The maximum absolute atomic E-state index is 13.9. The molecular weight excluding hydrogens is 588 g/mol. The van der Waals surface area contributed by atoms with E-state index in [0.717, 1.165) is 32.2 Å². The zero-order valence-electron chi connectivity index (χ0n) is 21.7. The molecule has 0 aromatic heterocycles. The van der Waals surface area contributed by atoms with Gasteiger partial charge >= 0.3 is 0 Å². The zero-order valence-corrected chi connectivity index (χ0v) is 24.1. The van der Waals surface area contributed by atoms with Gasteiger partial charge in [-0.3, -0.25) is 24.0 Å². The molecular formula is C27H29BrN4O6S. The van der Waals surface area contributed by atoms with Crippen molar-refractivity contribution in [3.8, 4) is 0 Å². The lowest BCUT2D eigenvalue weighted by Gasteiger charge is -2.33. The van der Waals surface area contributed by atoms with Crippen molar-refractivity contribution in [2.75, 3.05) is 24.2 Å². The third-order valence-corrected chi connectivity index (χ3v) is 7.79. The molecule has 206 valence electrons. The van der Waals surface area contributed by atoms with Crippen LogP contribution in [0.3, 0.4) is 0 Å². The Balaban J connectivity index is 2.07. The summed E-state index contributed by atoms with van der Waals surface area (Å²) >= 11 is 3.39. The Labute approximate surface area is 236 Å². The number of nitro benzene ring substituents is 1. The smallest absolute Gasteiger partial charge is 0.271 e. The maximum atomic E-state index is 13.9. The Bertz CT molecular complexity index is 1450. The summed E-state index contributed by atoms with van der Waals surface area (Å²) in [6, 6.07) is 19.2. The number of nitro groups is 1. The van der Waals surface area contributed by atoms with Crippen LogP contribution in [0, 0.1) is 17.0 Å². The van der Waals surface area contributed by atoms with Crippen molar-refractivity contribution in [3.63, 3.8) is 0 Å². The summed E-state index contributed by atoms with van der Waals surface area (Å²) in [5.41, 5.74) is 1.68. The first-order valence-corrected chi connectivity index (χ1v) is 14.6. The zero-order chi connectivity index (χ0) is 28.7. The van der Waals surface area contributed by atoms with E-state index in [9.17, 15) is 28.1 Å². The van der Waals surface area contributed by atoms with E-state index < -0.39 is 39.3 Å². The van der Waals surface area contributed by atoms with Gasteiger partial charge in [0.25, 0.3) is 5.69 Å². The highest BCUT2D eigenvalue weighted by molar-refractivity contribution is 9.10. The van der Waals surface area contributed by atoms with Crippen LogP contribution in [0.4, 0.5) is 11.4 Å². The summed E-state index contributed by atoms with van der Waals surface area (Å²) in [5.74, 6) is -1.06. The van der Waals surface area contributed by atoms with Crippen molar-refractivity contribution in [3.05, 3.63) is 104 Å². The van der Waals surface area contributed by atoms with Crippen LogP contribution >= 0.6 is 15.9 Å². The molecule has 0 saturated carbocycles. The van der Waals surface area contributed by atoms with Crippen LogP contribution in [0.2, 0.25) is 0 Å². The third kappa shape index (κ3) is 7.87. The molecule has 0 heterocycles. The Morgan fingerprint density at radius 1 is 1.03 bits per heavy atom. The van der Waals surface area contributed by atoms with E-state index in [0.29, 0.717) is 5.56 Å². The number of aryl methyl sites for hydroxylation is 1. The van der Waals surface area contributed by atoms with Gasteiger partial charge < -0.3 is 10.2 Å². The van der Waals surface area contributed by atoms with Gasteiger partial charge in [-0.05, 0) is 35.7 Å². The van der Waals surface area contributed by atoms with Crippen molar-refractivity contribution in [1.29, 1.82) is 0 Å². The van der Waals surface area contributed by atoms with Gasteiger partial charge in [0.15, 0.2) is 0 Å². The van der Waals surface area contributed by atoms with E-state index in [2.05, 4.69) is 21.2 Å². The first-order chi connectivity index (χ1) is 18.4. The number of hydrogen-bond donors (Lipinski definition) is 1. The van der Waals surface area contributed by atoms with Crippen molar-refractivity contribution in [2.24, 2.45) is 0 Å². The fourth-order valence-electron chi connectivity index (χ4n) is 4.08. The second kappa shape index (κ2) is 12.9. The number of sulfonamides is 1. The summed E-state index contributed by atoms with van der Waals surface area (Å²) in [7, 11) is -2.57. The summed E-state index contributed by atoms with van der Waals surface area (Å²) in [6.07, 6.45) is 1.12. The molecule has 0 saturated heterocycles. The lowest BCUT2D eigenvalue weighted by Crippen LogP contribution is -2.53. The van der Waals surface area contributed by atoms with Gasteiger partial charge in [0.05, 0.1) is 16.9 Å². The Morgan fingerprint density at radius 2 is 1.67 bits per heavy atom. The van der Waals surface area contributed by atoms with Gasteiger partial charge in [-0.15, -0.1) is 0 Å². The van der Waals surface area contributed by atoms with Gasteiger partial charge in [0, 0.05) is 36.6 Å². The minimum atomic E-state index is -4.04. The topological polar surface area (TPSA) is 130 Å². The average Bonchev–Trinajstić information content (AvgIpc) is 2.90. The van der Waals surface area contributed by atoms with Crippen molar-refractivity contribution in [2.45, 2.75) is 25.9 Å². The molecule has 0 aliphatic rings. The van der Waals surface area contributed by atoms with E-state index in [1.165, 1.54) is 24.1 Å². The van der Waals surface area contributed by atoms with Gasteiger partial charge in [0.1, 0.15) is 12.6 Å². The number of nitrogens with zero attached hydrogens (tertiary/aromatic N) is 3. The SMILES string of the molecule is CNC(=O)[C@H](Cc1ccccc1)N(Cc1ccc(Br)cc1)C(=O)CN(c1cc([N+](=O)[O-])ccc1C)S(C)(=O)=O. The minimum absolute atomic E-state index is 0.0168. The lowest BCUT2D eigenvalue weighted by molar-refractivity contribution is -0.384. The molecule has 1 N–H and O–H groups in total. The standard InChI is InChI=1S/C27H29BrN4O6S/c1-19-9-14-23(32(35)36)16-24(19)31(39(3,37)38)18-26(33)30(17-21-10-12-22(28)13-11-21)25(27(34)29-2)15-20-7-5-4-6-8-20/h4-14,16,25H,15,17-18H2,1-3H3,(H,29,34)/t25-/m0/s1. The van der Waals surface area contributed by atoms with E-state index in [4.69, 9.17) is 0 Å². The minimum Gasteiger partial charge on any atom is -0.357 e. The van der Waals surface area contributed by atoms with Crippen LogP contribution in [0.25, 0.3) is 0 Å². The molecule has 3 aromatic carbocycles. The van der Waals surface area contributed by atoms with Crippen molar-refractivity contribution < 1.29 is 22.9 Å². The largest absolute Gasteiger partial charge is 0.357 e. The molecule has 0 fully saturated rings. The number of hydrogen-bond acceptors (Lipinski definition) is 6. The molecule has 0 aliphatic carbocycles. The Hall–Kier alpha value is -3.77. The lowest BCUT2D eigenvalue weighted by atomic mass is 10.0. The first kappa shape index (κ1) is 29.8. The molecule has 1 atom stereocenters. The molecule has 0 spiro atoms. The summed E-state index contributed by atoms with van der Waals surface area (Å²) in [4.78, 5) is 39.1. The third-order valence-electron chi connectivity index (χ3n) is 6.14. The Morgan fingerprint density at radius 3 is 2.23 bits per heavy atom. The monoisotopic (exact) mass is 616 g/mol. The number of halogens is 1. The quantitative estimate of drug-likeness (QED) is 0.257. The predicted molar refractivity (Wildman–Crippen MR) is 153 cm³/mol. The molecule has 0 aliphatic heterocycles. The number of non-ortho nitro benzene ring substituents is 1. The number of benzene rings is 3. The Kier molecular flexibility index (Phi) is 9.81. The highest BCUT2D eigenvalue weighted by Crippen LogP contribution is 2.28. The highest BCUT2D eigenvalue weighted by Gasteiger charge is 2.33. The van der Waals surface area contributed by atoms with Crippen LogP contribution in [-0.4, -0.2) is 55.9 Å². The molecule has 3 aromatic rings. The second-order valence-corrected chi connectivity index (χ2v) is 11.8. The summed E-state index contributed by atoms with van der Waals surface area (Å²) in [6.45, 7) is 0.978. The summed E-state index contributed by atoms with van der Waals surface area (Å²) < 4.78 is 27.4. The van der Waals surface area contributed by atoms with Crippen molar-refractivity contribution >= 4 is 49.1 Å². The van der Waals surface area contributed by atoms with E-state index in [1.807, 2.05) is 30.3 Å². The number of amides is 2. The predicted octanol–water partition coefficient (Wildman–Crippen LogP) is 3.82. The molecule has 3 rings (SSSR count). The van der Waals surface area contributed by atoms with Crippen molar-refractivity contribution in [1.82, 2.24) is 10.2 Å². The van der Waals surface area contributed by atoms with Crippen LogP contribution in [0.15, 0.2) is 77.3 Å². The van der Waals surface area contributed by atoms with Crippen LogP contribution < -0.4 is 9.62 Å². The maximum Gasteiger partial charge on any atom is 0.271 e. The molecule has 0 unspecified atom stereocenters. The number of rotatable bonds is 11. The van der Waals surface area contributed by atoms with Gasteiger partial charge in [-0.1, -0.05) is 64.5 Å². The fourth-order valence-corrected chi connectivity index (χ4v) is 5.25. The molecule has 10 nitrogen and oxygen atoms in total. The highest BCUT2D eigenvalue weighted by atomic mass is 79.9. The molecule has 39 heavy (non-hydrogen) atoms. The molecule has 2 amide bonds. The number of carbonyl (C=O) groups excluding carboxylic acids is 2. The van der Waals surface area contributed by atoms with E-state index in [1.54, 1.807) is 31.2 Å². The second-order valence-electron chi connectivity index (χ2n) is 8.97. The molecule has 0 bridgehead atoms. The van der Waals surface area contributed by atoms with Gasteiger partial charge in [-0.25, -0.2) is 8.42 Å². The molecule has 12 heteroatoms.